The molecule has 7 nitrogen and oxygen atoms in total. The van der Waals surface area contributed by atoms with Crippen LogP contribution in [0.25, 0.3) is 0 Å². The minimum atomic E-state index is -0.761. The Bertz CT molecular complexity index is 715. The maximum atomic E-state index is 12.3. The van der Waals surface area contributed by atoms with Gasteiger partial charge in [-0.15, -0.1) is 0 Å². The van der Waals surface area contributed by atoms with Gasteiger partial charge in [0.15, 0.2) is 11.5 Å². The zero-order valence-corrected chi connectivity index (χ0v) is 13.2. The molecule has 1 amide bonds. The first-order valence-corrected chi connectivity index (χ1v) is 7.33. The number of fused-ring (bicyclic) bond motifs is 1. The van der Waals surface area contributed by atoms with E-state index in [0.717, 1.165) is 11.4 Å². The number of amides is 1. The highest BCUT2D eigenvalue weighted by molar-refractivity contribution is 5.83. The van der Waals surface area contributed by atoms with Crippen molar-refractivity contribution in [2.75, 3.05) is 5.43 Å². The zero-order chi connectivity index (χ0) is 16.4. The molecule has 0 fully saturated rings. The molecule has 0 bridgehead atoms. The number of aromatic nitrogens is 2. The maximum Gasteiger partial charge on any atom is 0.283 e. The molecule has 2 heterocycles. The summed E-state index contributed by atoms with van der Waals surface area (Å²) in [5.74, 6) is 1.17. The Balaban J connectivity index is 1.66. The third kappa shape index (κ3) is 3.33. The third-order valence-electron chi connectivity index (χ3n) is 3.38. The molecule has 0 spiro atoms. The van der Waals surface area contributed by atoms with Gasteiger partial charge in [0.25, 0.3) is 5.91 Å². The SMILES string of the molecule is Cc1cc(C)nc(NNC(=O)C2Oc3ccccc3OC2C)n1. The summed E-state index contributed by atoms with van der Waals surface area (Å²) in [6.07, 6.45) is -1.17. The number of nitrogens with one attached hydrogen (secondary N) is 2. The lowest BCUT2D eigenvalue weighted by Gasteiger charge is -2.30. The van der Waals surface area contributed by atoms with Crippen LogP contribution in [0.15, 0.2) is 30.3 Å². The fourth-order valence-electron chi connectivity index (χ4n) is 2.38. The average Bonchev–Trinajstić information content (AvgIpc) is 2.51. The number of benzene rings is 1. The predicted octanol–water partition coefficient (Wildman–Crippen LogP) is 1.77. The van der Waals surface area contributed by atoms with Crippen LogP contribution < -0.4 is 20.3 Å². The Hall–Kier alpha value is -2.83. The number of hydrogen-bond acceptors (Lipinski definition) is 6. The van der Waals surface area contributed by atoms with Crippen LogP contribution in [-0.4, -0.2) is 28.1 Å². The van der Waals surface area contributed by atoms with E-state index in [9.17, 15) is 4.79 Å². The number of anilines is 1. The molecule has 3 rings (SSSR count). The molecule has 1 aromatic heterocycles. The number of carbonyl (C=O) groups excluding carboxylic acids is 1. The minimum Gasteiger partial charge on any atom is -0.482 e. The molecule has 120 valence electrons. The van der Waals surface area contributed by atoms with E-state index >= 15 is 0 Å². The fourth-order valence-corrected chi connectivity index (χ4v) is 2.38. The van der Waals surface area contributed by atoms with Gasteiger partial charge in [-0.05, 0) is 39.0 Å². The smallest absolute Gasteiger partial charge is 0.283 e. The number of nitrogens with zero attached hydrogens (tertiary/aromatic N) is 2. The number of para-hydroxylation sites is 2. The van der Waals surface area contributed by atoms with Gasteiger partial charge in [-0.3, -0.25) is 15.6 Å². The average molecular weight is 314 g/mol. The number of aryl methyl sites for hydroxylation is 2. The van der Waals surface area contributed by atoms with Crippen LogP contribution in [0.4, 0.5) is 5.95 Å². The molecule has 0 saturated carbocycles. The van der Waals surface area contributed by atoms with Gasteiger partial charge in [0.05, 0.1) is 0 Å². The predicted molar refractivity (Wildman–Crippen MR) is 84.2 cm³/mol. The van der Waals surface area contributed by atoms with Crippen molar-refractivity contribution in [3.8, 4) is 11.5 Å². The summed E-state index contributed by atoms with van der Waals surface area (Å²) in [7, 11) is 0. The second-order valence-electron chi connectivity index (χ2n) is 5.40. The summed E-state index contributed by atoms with van der Waals surface area (Å²) in [5.41, 5.74) is 6.90. The highest BCUT2D eigenvalue weighted by atomic mass is 16.6. The topological polar surface area (TPSA) is 85.4 Å². The van der Waals surface area contributed by atoms with Gasteiger partial charge in [-0.25, -0.2) is 9.97 Å². The molecule has 0 radical (unpaired) electrons. The van der Waals surface area contributed by atoms with Crippen molar-refractivity contribution in [2.45, 2.75) is 33.0 Å². The van der Waals surface area contributed by atoms with E-state index < -0.39 is 12.2 Å². The van der Waals surface area contributed by atoms with E-state index in [1.54, 1.807) is 13.0 Å². The van der Waals surface area contributed by atoms with Crippen LogP contribution in [0.1, 0.15) is 18.3 Å². The number of hydrogen-bond donors (Lipinski definition) is 2. The highest BCUT2D eigenvalue weighted by Gasteiger charge is 2.34. The number of hydrazine groups is 1. The van der Waals surface area contributed by atoms with E-state index in [1.165, 1.54) is 0 Å². The molecule has 2 unspecified atom stereocenters. The molecule has 1 aliphatic heterocycles. The van der Waals surface area contributed by atoms with E-state index in [4.69, 9.17) is 9.47 Å². The van der Waals surface area contributed by atoms with Crippen molar-refractivity contribution in [1.29, 1.82) is 0 Å². The Morgan fingerprint density at radius 1 is 1.09 bits per heavy atom. The molecule has 7 heteroatoms. The lowest BCUT2D eigenvalue weighted by atomic mass is 10.1. The Kier molecular flexibility index (Phi) is 4.01. The van der Waals surface area contributed by atoms with Gasteiger partial charge in [0.2, 0.25) is 12.1 Å². The molecule has 1 aliphatic rings. The van der Waals surface area contributed by atoms with Gasteiger partial charge >= 0.3 is 0 Å². The van der Waals surface area contributed by atoms with Crippen LogP contribution in [0.2, 0.25) is 0 Å². The summed E-state index contributed by atoms with van der Waals surface area (Å²) in [4.78, 5) is 20.7. The number of ether oxygens (including phenoxy) is 2. The molecule has 0 aliphatic carbocycles. The van der Waals surface area contributed by atoms with Gasteiger partial charge in [-0.2, -0.15) is 0 Å². The largest absolute Gasteiger partial charge is 0.482 e. The number of rotatable bonds is 3. The molecular weight excluding hydrogens is 296 g/mol. The highest BCUT2D eigenvalue weighted by Crippen LogP contribution is 2.33. The van der Waals surface area contributed by atoms with E-state index in [1.807, 2.05) is 38.1 Å². The first kappa shape index (κ1) is 15.1. The van der Waals surface area contributed by atoms with Gasteiger partial charge in [0.1, 0.15) is 6.10 Å². The van der Waals surface area contributed by atoms with E-state index in [-0.39, 0.29) is 5.91 Å². The summed E-state index contributed by atoms with van der Waals surface area (Å²) in [6, 6.07) is 9.11. The van der Waals surface area contributed by atoms with Crippen molar-refractivity contribution >= 4 is 11.9 Å². The van der Waals surface area contributed by atoms with Crippen LogP contribution in [0.5, 0.6) is 11.5 Å². The summed E-state index contributed by atoms with van der Waals surface area (Å²) < 4.78 is 11.4. The van der Waals surface area contributed by atoms with Crippen molar-refractivity contribution in [2.24, 2.45) is 0 Å². The summed E-state index contributed by atoms with van der Waals surface area (Å²) in [5, 5.41) is 0. The van der Waals surface area contributed by atoms with Gasteiger partial charge < -0.3 is 9.47 Å². The van der Waals surface area contributed by atoms with Gasteiger partial charge in [0, 0.05) is 11.4 Å². The quantitative estimate of drug-likeness (QED) is 0.840. The van der Waals surface area contributed by atoms with Gasteiger partial charge in [-0.1, -0.05) is 12.1 Å². The molecule has 1 aromatic carbocycles. The first-order valence-electron chi connectivity index (χ1n) is 7.33. The lowest BCUT2D eigenvalue weighted by Crippen LogP contribution is -2.50. The van der Waals surface area contributed by atoms with Crippen LogP contribution in [0.3, 0.4) is 0 Å². The molecule has 2 aromatic rings. The van der Waals surface area contributed by atoms with E-state index in [0.29, 0.717) is 17.4 Å². The molecule has 23 heavy (non-hydrogen) atoms. The van der Waals surface area contributed by atoms with Crippen LogP contribution in [0, 0.1) is 13.8 Å². The molecule has 2 atom stereocenters. The molecule has 2 N–H and O–H groups in total. The Labute approximate surface area is 134 Å². The fraction of sp³-hybridized carbons (Fsp3) is 0.312. The molecular formula is C16H18N4O3. The van der Waals surface area contributed by atoms with Crippen molar-refractivity contribution in [3.63, 3.8) is 0 Å². The Morgan fingerprint density at radius 3 is 2.35 bits per heavy atom. The monoisotopic (exact) mass is 314 g/mol. The second kappa shape index (κ2) is 6.12. The third-order valence-corrected chi connectivity index (χ3v) is 3.38. The van der Waals surface area contributed by atoms with Crippen LogP contribution >= 0.6 is 0 Å². The lowest BCUT2D eigenvalue weighted by molar-refractivity contribution is -0.132. The Morgan fingerprint density at radius 2 is 1.70 bits per heavy atom. The number of carbonyl (C=O) groups is 1. The van der Waals surface area contributed by atoms with Crippen molar-refractivity contribution < 1.29 is 14.3 Å². The van der Waals surface area contributed by atoms with E-state index in [2.05, 4.69) is 20.8 Å². The van der Waals surface area contributed by atoms with Crippen molar-refractivity contribution in [3.05, 3.63) is 41.7 Å². The normalized spacial score (nSPS) is 19.1. The van der Waals surface area contributed by atoms with Crippen LogP contribution in [-0.2, 0) is 4.79 Å². The zero-order valence-electron chi connectivity index (χ0n) is 13.2. The minimum absolute atomic E-state index is 0.334. The summed E-state index contributed by atoms with van der Waals surface area (Å²) in [6.45, 7) is 5.51. The molecule has 0 saturated heterocycles. The summed E-state index contributed by atoms with van der Waals surface area (Å²) >= 11 is 0. The van der Waals surface area contributed by atoms with Crippen molar-refractivity contribution in [1.82, 2.24) is 15.4 Å². The first-order chi connectivity index (χ1) is 11.0. The maximum absolute atomic E-state index is 12.3. The second-order valence-corrected chi connectivity index (χ2v) is 5.40. The standard InChI is InChI=1S/C16H18N4O3/c1-9-8-10(2)18-16(17-9)20-19-15(21)14-11(3)22-12-6-4-5-7-13(12)23-14/h4-8,11,14H,1-3H3,(H,19,21)(H,17,18,20).